The lowest BCUT2D eigenvalue weighted by atomic mass is 10.1. The summed E-state index contributed by atoms with van der Waals surface area (Å²) in [6, 6.07) is 8.94. The maximum atomic E-state index is 13.0. The summed E-state index contributed by atoms with van der Waals surface area (Å²) in [6.45, 7) is 8.33. The second-order valence-electron chi connectivity index (χ2n) is 7.12. The first-order valence-corrected chi connectivity index (χ1v) is 10.1. The zero-order chi connectivity index (χ0) is 20.3. The molecule has 3 rings (SSSR count). The molecule has 1 atom stereocenters. The number of aryl methyl sites for hydroxylation is 1. The second kappa shape index (κ2) is 8.60. The minimum Gasteiger partial charge on any atom is -0.360 e. The number of fused-ring (bicyclic) bond motifs is 1. The molecule has 0 saturated heterocycles. The van der Waals surface area contributed by atoms with Gasteiger partial charge in [-0.25, -0.2) is 4.98 Å². The zero-order valence-corrected chi connectivity index (χ0v) is 17.2. The van der Waals surface area contributed by atoms with Crippen LogP contribution in [0.3, 0.4) is 0 Å². The molecule has 2 heterocycles. The van der Waals surface area contributed by atoms with Crippen molar-refractivity contribution in [1.82, 2.24) is 14.7 Å². The van der Waals surface area contributed by atoms with Gasteiger partial charge in [0.15, 0.2) is 11.0 Å². The van der Waals surface area contributed by atoms with E-state index in [0.29, 0.717) is 40.1 Å². The predicted octanol–water partition coefficient (Wildman–Crippen LogP) is 3.86. The highest BCUT2D eigenvalue weighted by Crippen LogP contribution is 2.24. The molecule has 1 N–H and O–H groups in total. The highest BCUT2D eigenvalue weighted by Gasteiger charge is 2.20. The summed E-state index contributed by atoms with van der Waals surface area (Å²) in [7, 11) is 0. The summed E-state index contributed by atoms with van der Waals surface area (Å²) in [5, 5.41) is 7.17. The van der Waals surface area contributed by atoms with Crippen molar-refractivity contribution in [2.45, 2.75) is 51.1 Å². The largest absolute Gasteiger partial charge is 0.360 e. The van der Waals surface area contributed by atoms with Gasteiger partial charge in [-0.05, 0) is 38.3 Å². The SMILES string of the molecule is Cc1cc(NC(=O)C(C)Sc2nc3ccccc3c(=O)n2CCC(C)C)no1. The summed E-state index contributed by atoms with van der Waals surface area (Å²) in [4.78, 5) is 30.2. The van der Waals surface area contributed by atoms with Crippen LogP contribution in [-0.4, -0.2) is 25.9 Å². The smallest absolute Gasteiger partial charge is 0.262 e. The van der Waals surface area contributed by atoms with E-state index in [-0.39, 0.29) is 11.5 Å². The molecule has 0 radical (unpaired) electrons. The van der Waals surface area contributed by atoms with Crippen molar-refractivity contribution in [1.29, 1.82) is 0 Å². The van der Waals surface area contributed by atoms with Gasteiger partial charge in [-0.3, -0.25) is 14.2 Å². The van der Waals surface area contributed by atoms with Crippen LogP contribution in [0, 0.1) is 12.8 Å². The van der Waals surface area contributed by atoms with E-state index < -0.39 is 5.25 Å². The Morgan fingerprint density at radius 1 is 1.29 bits per heavy atom. The number of benzene rings is 1. The van der Waals surface area contributed by atoms with E-state index in [1.807, 2.05) is 18.2 Å². The first kappa shape index (κ1) is 20.1. The Morgan fingerprint density at radius 3 is 2.71 bits per heavy atom. The normalized spacial score (nSPS) is 12.5. The Kier molecular flexibility index (Phi) is 6.18. The van der Waals surface area contributed by atoms with Gasteiger partial charge in [0.2, 0.25) is 5.91 Å². The minimum atomic E-state index is -0.463. The van der Waals surface area contributed by atoms with Gasteiger partial charge in [0.25, 0.3) is 5.56 Å². The number of carbonyl (C=O) groups is 1. The first-order chi connectivity index (χ1) is 13.3. The number of para-hydroxylation sites is 1. The number of nitrogens with zero attached hydrogens (tertiary/aromatic N) is 3. The summed E-state index contributed by atoms with van der Waals surface area (Å²) in [6.07, 6.45) is 0.853. The molecule has 148 valence electrons. The lowest BCUT2D eigenvalue weighted by Crippen LogP contribution is -2.27. The molecule has 0 saturated carbocycles. The van der Waals surface area contributed by atoms with Gasteiger partial charge in [-0.15, -0.1) is 0 Å². The van der Waals surface area contributed by atoms with Crippen molar-refractivity contribution < 1.29 is 9.32 Å². The third kappa shape index (κ3) is 4.62. The van der Waals surface area contributed by atoms with Gasteiger partial charge in [-0.2, -0.15) is 0 Å². The van der Waals surface area contributed by atoms with Gasteiger partial charge >= 0.3 is 0 Å². The quantitative estimate of drug-likeness (QED) is 0.478. The van der Waals surface area contributed by atoms with E-state index in [9.17, 15) is 9.59 Å². The lowest BCUT2D eigenvalue weighted by Gasteiger charge is -2.16. The van der Waals surface area contributed by atoms with Gasteiger partial charge in [0, 0.05) is 12.6 Å². The number of aromatic nitrogens is 3. The van der Waals surface area contributed by atoms with E-state index in [2.05, 4.69) is 29.3 Å². The minimum absolute atomic E-state index is 0.0755. The molecule has 8 heteroatoms. The molecule has 0 aliphatic heterocycles. The molecule has 7 nitrogen and oxygen atoms in total. The Hall–Kier alpha value is -2.61. The van der Waals surface area contributed by atoms with E-state index in [0.717, 1.165) is 6.42 Å². The Labute approximate surface area is 167 Å². The molecule has 0 aliphatic rings. The molecule has 0 bridgehead atoms. The molecule has 0 aliphatic carbocycles. The van der Waals surface area contributed by atoms with Crippen molar-refractivity contribution in [3.8, 4) is 0 Å². The predicted molar refractivity (Wildman–Crippen MR) is 111 cm³/mol. The summed E-state index contributed by atoms with van der Waals surface area (Å²) < 4.78 is 6.65. The molecule has 3 aromatic rings. The number of hydrogen-bond acceptors (Lipinski definition) is 6. The topological polar surface area (TPSA) is 90.0 Å². The Balaban J connectivity index is 1.88. The number of anilines is 1. The molecule has 1 unspecified atom stereocenters. The van der Waals surface area contributed by atoms with Gasteiger partial charge in [0.05, 0.1) is 16.2 Å². The van der Waals surface area contributed by atoms with Crippen LogP contribution in [0.1, 0.15) is 33.0 Å². The summed E-state index contributed by atoms with van der Waals surface area (Å²) >= 11 is 1.27. The zero-order valence-electron chi connectivity index (χ0n) is 16.4. The fourth-order valence-electron chi connectivity index (χ4n) is 2.69. The standard InChI is InChI=1S/C20H24N4O3S/c1-12(2)9-10-24-19(26)15-7-5-6-8-16(15)21-20(24)28-14(4)18(25)22-17-11-13(3)27-23-17/h5-8,11-12,14H,9-10H2,1-4H3,(H,22,23,25). The molecular formula is C20H24N4O3S. The fraction of sp³-hybridized carbons (Fsp3) is 0.400. The van der Waals surface area contributed by atoms with Crippen molar-refractivity contribution in [2.75, 3.05) is 5.32 Å². The summed E-state index contributed by atoms with van der Waals surface area (Å²) in [5.74, 6) is 1.22. The Morgan fingerprint density at radius 2 is 2.04 bits per heavy atom. The molecule has 1 amide bonds. The maximum Gasteiger partial charge on any atom is 0.262 e. The molecule has 1 aromatic carbocycles. The average molecular weight is 401 g/mol. The van der Waals surface area contributed by atoms with Crippen LogP contribution in [-0.2, 0) is 11.3 Å². The van der Waals surface area contributed by atoms with Gasteiger partial charge in [0.1, 0.15) is 5.76 Å². The molecule has 0 fully saturated rings. The molecular weight excluding hydrogens is 376 g/mol. The molecule has 0 spiro atoms. The molecule has 2 aromatic heterocycles. The van der Waals surface area contributed by atoms with Crippen molar-refractivity contribution in [2.24, 2.45) is 5.92 Å². The number of rotatable bonds is 7. The van der Waals surface area contributed by atoms with E-state index >= 15 is 0 Å². The third-order valence-corrected chi connectivity index (χ3v) is 5.38. The monoisotopic (exact) mass is 400 g/mol. The third-order valence-electron chi connectivity index (χ3n) is 4.29. The maximum absolute atomic E-state index is 13.0. The van der Waals surface area contributed by atoms with Crippen LogP contribution < -0.4 is 10.9 Å². The Bertz CT molecular complexity index is 1040. The van der Waals surface area contributed by atoms with Crippen LogP contribution in [0.15, 0.2) is 44.8 Å². The van der Waals surface area contributed by atoms with Crippen LogP contribution in [0.2, 0.25) is 0 Å². The second-order valence-corrected chi connectivity index (χ2v) is 8.43. The van der Waals surface area contributed by atoms with Crippen molar-refractivity contribution in [3.05, 3.63) is 46.4 Å². The number of thioether (sulfide) groups is 1. The van der Waals surface area contributed by atoms with Crippen LogP contribution in [0.5, 0.6) is 0 Å². The van der Waals surface area contributed by atoms with E-state index in [4.69, 9.17) is 4.52 Å². The number of carbonyl (C=O) groups excluding carboxylic acids is 1. The van der Waals surface area contributed by atoms with Crippen LogP contribution in [0.25, 0.3) is 10.9 Å². The molecule has 28 heavy (non-hydrogen) atoms. The van der Waals surface area contributed by atoms with Crippen LogP contribution >= 0.6 is 11.8 Å². The van der Waals surface area contributed by atoms with Crippen LogP contribution in [0.4, 0.5) is 5.82 Å². The highest BCUT2D eigenvalue weighted by atomic mass is 32.2. The van der Waals surface area contributed by atoms with Crippen molar-refractivity contribution in [3.63, 3.8) is 0 Å². The average Bonchev–Trinajstić information content (AvgIpc) is 3.06. The summed E-state index contributed by atoms with van der Waals surface area (Å²) in [5.41, 5.74) is 0.559. The fourth-order valence-corrected chi connectivity index (χ4v) is 3.62. The number of hydrogen-bond donors (Lipinski definition) is 1. The van der Waals surface area contributed by atoms with E-state index in [1.54, 1.807) is 30.5 Å². The van der Waals surface area contributed by atoms with Gasteiger partial charge in [-0.1, -0.05) is 42.9 Å². The van der Waals surface area contributed by atoms with E-state index in [1.165, 1.54) is 11.8 Å². The first-order valence-electron chi connectivity index (χ1n) is 9.25. The van der Waals surface area contributed by atoms with Gasteiger partial charge < -0.3 is 9.84 Å². The lowest BCUT2D eigenvalue weighted by molar-refractivity contribution is -0.115. The van der Waals surface area contributed by atoms with Crippen molar-refractivity contribution >= 4 is 34.4 Å². The number of nitrogens with one attached hydrogen (secondary N) is 1. The number of amides is 1. The highest BCUT2D eigenvalue weighted by molar-refractivity contribution is 8.00.